The van der Waals surface area contributed by atoms with Crippen LogP contribution < -0.4 is 0 Å². The summed E-state index contributed by atoms with van der Waals surface area (Å²) in [6, 6.07) is 11.6. The van der Waals surface area contributed by atoms with Crippen molar-refractivity contribution in [3.63, 3.8) is 0 Å². The first-order valence-corrected chi connectivity index (χ1v) is 6.39. The van der Waals surface area contributed by atoms with Gasteiger partial charge in [0.1, 0.15) is 5.69 Å². The normalized spacial score (nSPS) is 11.8. The van der Waals surface area contributed by atoms with Gasteiger partial charge < -0.3 is 10.1 Å². The maximum absolute atomic E-state index is 12.9. The van der Waals surface area contributed by atoms with Gasteiger partial charge in [0.15, 0.2) is 0 Å². The van der Waals surface area contributed by atoms with Crippen LogP contribution in [-0.2, 0) is 6.18 Å². The maximum atomic E-state index is 12.9. The number of rotatable bonds is 2. The van der Waals surface area contributed by atoms with Gasteiger partial charge in [-0.15, -0.1) is 0 Å². The number of nitrogens with one attached hydrogen (secondary N) is 1. The molecule has 0 unspecified atom stereocenters. The fourth-order valence-corrected chi connectivity index (χ4v) is 2.43. The number of alkyl halides is 3. The molecule has 1 aromatic heterocycles. The Morgan fingerprint density at radius 1 is 1.05 bits per heavy atom. The molecular formula is C16H10F3NO2. The average molecular weight is 305 g/mol. The smallest absolute Gasteiger partial charge is 0.416 e. The van der Waals surface area contributed by atoms with Crippen LogP contribution in [0.5, 0.6) is 0 Å². The molecule has 2 N–H and O–H groups in total. The molecular weight excluding hydrogens is 295 g/mol. The predicted octanol–water partition coefficient (Wildman–Crippen LogP) is 4.55. The van der Waals surface area contributed by atoms with Crippen LogP contribution >= 0.6 is 0 Å². The number of carbonyl (C=O) groups is 1. The van der Waals surface area contributed by atoms with Crippen molar-refractivity contribution >= 4 is 16.9 Å². The molecule has 3 aromatic rings. The number of benzene rings is 2. The van der Waals surface area contributed by atoms with Crippen LogP contribution in [-0.4, -0.2) is 16.1 Å². The van der Waals surface area contributed by atoms with Crippen LogP contribution in [0.25, 0.3) is 22.0 Å². The zero-order valence-corrected chi connectivity index (χ0v) is 11.1. The van der Waals surface area contributed by atoms with Crippen molar-refractivity contribution in [2.24, 2.45) is 0 Å². The third kappa shape index (κ3) is 2.32. The quantitative estimate of drug-likeness (QED) is 0.729. The lowest BCUT2D eigenvalue weighted by atomic mass is 10.0. The molecule has 3 nitrogen and oxygen atoms in total. The Hall–Kier alpha value is -2.76. The molecule has 0 aliphatic carbocycles. The monoisotopic (exact) mass is 305 g/mol. The van der Waals surface area contributed by atoms with Crippen molar-refractivity contribution in [2.75, 3.05) is 0 Å². The first kappa shape index (κ1) is 14.2. The second-order valence-electron chi connectivity index (χ2n) is 4.80. The average Bonchev–Trinajstić information content (AvgIpc) is 2.86. The van der Waals surface area contributed by atoms with Gasteiger partial charge in [-0.05, 0) is 23.8 Å². The van der Waals surface area contributed by atoms with Gasteiger partial charge in [0.05, 0.1) is 5.56 Å². The number of aromatic nitrogens is 1. The van der Waals surface area contributed by atoms with Crippen molar-refractivity contribution in [1.82, 2.24) is 4.98 Å². The number of fused-ring (bicyclic) bond motifs is 1. The first-order valence-electron chi connectivity index (χ1n) is 6.39. The Balaban J connectivity index is 2.35. The van der Waals surface area contributed by atoms with E-state index in [2.05, 4.69) is 4.98 Å². The van der Waals surface area contributed by atoms with Gasteiger partial charge in [0, 0.05) is 16.5 Å². The third-order valence-electron chi connectivity index (χ3n) is 3.40. The highest BCUT2D eigenvalue weighted by Gasteiger charge is 2.31. The van der Waals surface area contributed by atoms with E-state index in [1.165, 1.54) is 6.07 Å². The molecule has 6 heteroatoms. The van der Waals surface area contributed by atoms with Crippen molar-refractivity contribution < 1.29 is 23.1 Å². The number of carboxylic acids is 1. The first-order chi connectivity index (χ1) is 10.4. The number of hydrogen-bond acceptors (Lipinski definition) is 1. The third-order valence-corrected chi connectivity index (χ3v) is 3.40. The molecule has 2 aromatic carbocycles. The topological polar surface area (TPSA) is 53.1 Å². The number of aromatic amines is 1. The van der Waals surface area contributed by atoms with Crippen LogP contribution in [0.2, 0.25) is 0 Å². The fraction of sp³-hybridized carbons (Fsp3) is 0.0625. The van der Waals surface area contributed by atoms with Crippen LogP contribution in [0.3, 0.4) is 0 Å². The maximum Gasteiger partial charge on any atom is 0.416 e. The Labute approximate surface area is 123 Å². The molecule has 1 heterocycles. The summed E-state index contributed by atoms with van der Waals surface area (Å²) in [5, 5.41) is 9.54. The second kappa shape index (κ2) is 4.91. The minimum Gasteiger partial charge on any atom is -0.477 e. The number of hydrogen-bond donors (Lipinski definition) is 2. The van der Waals surface area contributed by atoms with Crippen LogP contribution in [0.15, 0.2) is 48.5 Å². The van der Waals surface area contributed by atoms with Crippen LogP contribution in [0.4, 0.5) is 13.2 Å². The highest BCUT2D eigenvalue weighted by atomic mass is 19.4. The second-order valence-corrected chi connectivity index (χ2v) is 4.80. The molecule has 0 saturated carbocycles. The van der Waals surface area contributed by atoms with E-state index >= 15 is 0 Å². The Morgan fingerprint density at radius 3 is 2.32 bits per heavy atom. The van der Waals surface area contributed by atoms with Crippen molar-refractivity contribution in [3.05, 3.63) is 59.8 Å². The van der Waals surface area contributed by atoms with Crippen LogP contribution in [0.1, 0.15) is 16.1 Å². The summed E-state index contributed by atoms with van der Waals surface area (Å²) in [6.07, 6.45) is -4.48. The van der Waals surface area contributed by atoms with E-state index in [1.54, 1.807) is 30.3 Å². The van der Waals surface area contributed by atoms with Crippen LogP contribution in [0, 0.1) is 0 Å². The number of carboxylic acid groups (broad SMARTS) is 1. The SMILES string of the molecule is O=C(O)c1[nH]c2ccc(C(F)(F)F)cc2c1-c1ccccc1. The van der Waals surface area contributed by atoms with Gasteiger partial charge in [0.25, 0.3) is 0 Å². The lowest BCUT2D eigenvalue weighted by Gasteiger charge is -2.07. The molecule has 0 aliphatic rings. The Kier molecular flexibility index (Phi) is 3.16. The standard InChI is InChI=1S/C16H10F3NO2/c17-16(18,19)10-6-7-12-11(8-10)13(14(20-12)15(21)22)9-4-2-1-3-5-9/h1-8,20H,(H,21,22). The molecule has 0 amide bonds. The summed E-state index contributed by atoms with van der Waals surface area (Å²) >= 11 is 0. The van der Waals surface area contributed by atoms with Gasteiger partial charge in [0.2, 0.25) is 0 Å². The zero-order valence-electron chi connectivity index (χ0n) is 11.1. The van der Waals surface area contributed by atoms with E-state index in [0.717, 1.165) is 12.1 Å². The molecule has 0 saturated heterocycles. The molecule has 0 spiro atoms. The largest absolute Gasteiger partial charge is 0.477 e. The zero-order chi connectivity index (χ0) is 15.9. The Morgan fingerprint density at radius 2 is 1.73 bits per heavy atom. The number of halogens is 3. The molecule has 112 valence electrons. The molecule has 0 radical (unpaired) electrons. The summed E-state index contributed by atoms with van der Waals surface area (Å²) in [7, 11) is 0. The van der Waals surface area contributed by atoms with Gasteiger partial charge >= 0.3 is 12.1 Å². The lowest BCUT2D eigenvalue weighted by molar-refractivity contribution is -0.137. The minimum absolute atomic E-state index is 0.125. The van der Waals surface area contributed by atoms with Gasteiger partial charge in [-0.1, -0.05) is 30.3 Å². The summed E-state index contributed by atoms with van der Waals surface area (Å²) in [5.74, 6) is -1.22. The number of aromatic carboxylic acids is 1. The van der Waals surface area contributed by atoms with Crippen molar-refractivity contribution in [2.45, 2.75) is 6.18 Å². The minimum atomic E-state index is -4.48. The van der Waals surface area contributed by atoms with Crippen molar-refractivity contribution in [1.29, 1.82) is 0 Å². The number of H-pyrrole nitrogens is 1. The molecule has 3 rings (SSSR count). The summed E-state index contributed by atoms with van der Waals surface area (Å²) in [5.41, 5.74) is 0.220. The predicted molar refractivity (Wildman–Crippen MR) is 75.7 cm³/mol. The molecule has 22 heavy (non-hydrogen) atoms. The summed E-state index contributed by atoms with van der Waals surface area (Å²) in [4.78, 5) is 14.1. The van der Waals surface area contributed by atoms with E-state index in [1.807, 2.05) is 0 Å². The Bertz CT molecular complexity index is 851. The molecule has 0 bridgehead atoms. The highest BCUT2D eigenvalue weighted by molar-refractivity contribution is 6.07. The van der Waals surface area contributed by atoms with Gasteiger partial charge in [-0.3, -0.25) is 0 Å². The molecule has 0 fully saturated rings. The van der Waals surface area contributed by atoms with E-state index < -0.39 is 17.7 Å². The lowest BCUT2D eigenvalue weighted by Crippen LogP contribution is -2.04. The van der Waals surface area contributed by atoms with E-state index in [0.29, 0.717) is 11.1 Å². The summed E-state index contributed by atoms with van der Waals surface area (Å²) in [6.45, 7) is 0. The van der Waals surface area contributed by atoms with E-state index in [4.69, 9.17) is 0 Å². The molecule has 0 atom stereocenters. The molecule has 0 aliphatic heterocycles. The highest BCUT2D eigenvalue weighted by Crippen LogP contribution is 2.37. The van der Waals surface area contributed by atoms with Gasteiger partial charge in [-0.2, -0.15) is 13.2 Å². The fourth-order valence-electron chi connectivity index (χ4n) is 2.43. The van der Waals surface area contributed by atoms with E-state index in [9.17, 15) is 23.1 Å². The van der Waals surface area contributed by atoms with Gasteiger partial charge in [-0.25, -0.2) is 4.79 Å². The van der Waals surface area contributed by atoms with Crippen molar-refractivity contribution in [3.8, 4) is 11.1 Å². The summed E-state index contributed by atoms with van der Waals surface area (Å²) < 4.78 is 38.7. The van der Waals surface area contributed by atoms with E-state index in [-0.39, 0.29) is 16.6 Å².